The number of likely N-dealkylation sites (tertiary alicyclic amines) is 1. The average molecular weight is 385 g/mol. The number of piperidine rings is 1. The highest BCUT2D eigenvalue weighted by Gasteiger charge is 2.46. The van der Waals surface area contributed by atoms with Crippen LogP contribution in [0, 0.1) is 12.8 Å². The standard InChI is InChI=1S/C21H27N3O4/c1-14-22-20(23-28-14)21(12-15-8-9-15)10-5-11-24(13-21)19(25)16-6-4-7-17(26-2)18(16)27-3/h4,6-7,15H,5,8-13H2,1-3H3. The number of para-hydroxylation sites is 1. The normalized spacial score (nSPS) is 22.2. The fourth-order valence-corrected chi connectivity index (χ4v) is 4.36. The molecule has 2 fully saturated rings. The second kappa shape index (κ2) is 7.45. The van der Waals surface area contributed by atoms with Gasteiger partial charge >= 0.3 is 0 Å². The molecule has 1 aromatic carbocycles. The van der Waals surface area contributed by atoms with E-state index in [2.05, 4.69) is 10.1 Å². The first-order chi connectivity index (χ1) is 13.6. The van der Waals surface area contributed by atoms with Crippen molar-refractivity contribution in [3.63, 3.8) is 0 Å². The number of rotatable bonds is 6. The van der Waals surface area contributed by atoms with Gasteiger partial charge in [0, 0.05) is 20.0 Å². The Hall–Kier alpha value is -2.57. The summed E-state index contributed by atoms with van der Waals surface area (Å²) in [6.45, 7) is 3.12. The molecule has 1 unspecified atom stereocenters. The van der Waals surface area contributed by atoms with E-state index in [0.29, 0.717) is 42.0 Å². The fourth-order valence-electron chi connectivity index (χ4n) is 4.36. The van der Waals surface area contributed by atoms with Gasteiger partial charge in [0.05, 0.1) is 25.2 Å². The highest BCUT2D eigenvalue weighted by atomic mass is 16.5. The predicted octanol–water partition coefficient (Wildman–Crippen LogP) is 3.37. The zero-order valence-corrected chi connectivity index (χ0v) is 16.7. The Morgan fingerprint density at radius 3 is 2.79 bits per heavy atom. The minimum Gasteiger partial charge on any atom is -0.493 e. The van der Waals surface area contributed by atoms with E-state index >= 15 is 0 Å². The maximum atomic E-state index is 13.4. The molecule has 2 aromatic rings. The summed E-state index contributed by atoms with van der Waals surface area (Å²) in [6.07, 6.45) is 5.39. The molecule has 2 aliphatic rings. The molecular formula is C21H27N3O4. The van der Waals surface area contributed by atoms with E-state index in [9.17, 15) is 4.79 Å². The molecule has 7 heteroatoms. The quantitative estimate of drug-likeness (QED) is 0.759. The van der Waals surface area contributed by atoms with Crippen LogP contribution in [-0.2, 0) is 5.41 Å². The lowest BCUT2D eigenvalue weighted by Gasteiger charge is -2.41. The summed E-state index contributed by atoms with van der Waals surface area (Å²) in [5, 5.41) is 4.25. The topological polar surface area (TPSA) is 77.7 Å². The van der Waals surface area contributed by atoms with Crippen molar-refractivity contribution in [2.75, 3.05) is 27.3 Å². The zero-order valence-electron chi connectivity index (χ0n) is 16.7. The third-order valence-electron chi connectivity index (χ3n) is 5.88. The number of methoxy groups -OCH3 is 2. The summed E-state index contributed by atoms with van der Waals surface area (Å²) in [7, 11) is 3.14. The molecule has 2 heterocycles. The lowest BCUT2D eigenvalue weighted by Crippen LogP contribution is -2.49. The molecule has 0 bridgehead atoms. The summed E-state index contributed by atoms with van der Waals surface area (Å²) in [4.78, 5) is 19.9. The Kier molecular flexibility index (Phi) is 5.00. The highest BCUT2D eigenvalue weighted by Crippen LogP contribution is 2.46. The summed E-state index contributed by atoms with van der Waals surface area (Å²) >= 11 is 0. The smallest absolute Gasteiger partial charge is 0.257 e. The molecule has 150 valence electrons. The minimum atomic E-state index is -0.237. The van der Waals surface area contributed by atoms with Crippen LogP contribution in [-0.4, -0.2) is 48.3 Å². The largest absolute Gasteiger partial charge is 0.493 e. The molecule has 0 radical (unpaired) electrons. The number of amides is 1. The number of ether oxygens (including phenoxy) is 2. The molecule has 1 atom stereocenters. The number of hydrogen-bond acceptors (Lipinski definition) is 6. The van der Waals surface area contributed by atoms with Gasteiger partial charge in [-0.15, -0.1) is 0 Å². The molecule has 1 amide bonds. The third-order valence-corrected chi connectivity index (χ3v) is 5.88. The van der Waals surface area contributed by atoms with Crippen LogP contribution in [0.3, 0.4) is 0 Å². The lowest BCUT2D eigenvalue weighted by molar-refractivity contribution is 0.0603. The van der Waals surface area contributed by atoms with Gasteiger partial charge in [0.25, 0.3) is 5.91 Å². The third kappa shape index (κ3) is 3.45. The van der Waals surface area contributed by atoms with Gasteiger partial charge in [-0.3, -0.25) is 4.79 Å². The van der Waals surface area contributed by atoms with Crippen LogP contribution in [0.15, 0.2) is 22.7 Å². The summed E-state index contributed by atoms with van der Waals surface area (Å²) in [5.41, 5.74) is 0.284. The average Bonchev–Trinajstić information content (AvgIpc) is 3.42. The Morgan fingerprint density at radius 2 is 2.14 bits per heavy atom. The summed E-state index contributed by atoms with van der Waals surface area (Å²) in [5.74, 6) is 3.00. The van der Waals surface area contributed by atoms with E-state index in [4.69, 9.17) is 14.0 Å². The van der Waals surface area contributed by atoms with Crippen LogP contribution in [0.5, 0.6) is 11.5 Å². The van der Waals surface area contributed by atoms with Gasteiger partial charge in [-0.25, -0.2) is 0 Å². The van der Waals surface area contributed by atoms with Crippen molar-refractivity contribution in [3.05, 3.63) is 35.5 Å². The first-order valence-electron chi connectivity index (χ1n) is 9.87. The molecule has 4 rings (SSSR count). The van der Waals surface area contributed by atoms with Crippen LogP contribution in [0.25, 0.3) is 0 Å². The highest BCUT2D eigenvalue weighted by molar-refractivity contribution is 5.98. The van der Waals surface area contributed by atoms with Crippen molar-refractivity contribution in [2.45, 2.75) is 44.4 Å². The van der Waals surface area contributed by atoms with E-state index in [1.165, 1.54) is 12.8 Å². The predicted molar refractivity (Wildman–Crippen MR) is 103 cm³/mol. The van der Waals surface area contributed by atoms with Gasteiger partial charge in [0.15, 0.2) is 17.3 Å². The van der Waals surface area contributed by atoms with Crippen LogP contribution in [0.1, 0.15) is 54.2 Å². The Labute approximate surface area is 165 Å². The van der Waals surface area contributed by atoms with Gasteiger partial charge in [-0.1, -0.05) is 24.1 Å². The monoisotopic (exact) mass is 385 g/mol. The number of hydrogen-bond donors (Lipinski definition) is 0. The molecule has 0 spiro atoms. The lowest BCUT2D eigenvalue weighted by atomic mass is 9.74. The van der Waals surface area contributed by atoms with E-state index in [1.54, 1.807) is 26.4 Å². The summed E-state index contributed by atoms with van der Waals surface area (Å²) in [6, 6.07) is 5.41. The second-order valence-corrected chi connectivity index (χ2v) is 7.94. The SMILES string of the molecule is COc1cccc(C(=O)N2CCCC(CC3CC3)(c3noc(C)n3)C2)c1OC. The molecule has 7 nitrogen and oxygen atoms in total. The van der Waals surface area contributed by atoms with Crippen molar-refractivity contribution in [3.8, 4) is 11.5 Å². The number of aryl methyl sites for hydroxylation is 1. The number of benzene rings is 1. The second-order valence-electron chi connectivity index (χ2n) is 7.94. The van der Waals surface area contributed by atoms with Gasteiger partial charge in [0.1, 0.15) is 0 Å². The van der Waals surface area contributed by atoms with Gasteiger partial charge in [-0.2, -0.15) is 4.98 Å². The number of nitrogens with zero attached hydrogens (tertiary/aromatic N) is 3. The minimum absolute atomic E-state index is 0.0455. The molecule has 1 aliphatic heterocycles. The molecule has 1 saturated heterocycles. The number of aromatic nitrogens is 2. The Bertz CT molecular complexity index is 861. The van der Waals surface area contributed by atoms with Crippen LogP contribution in [0.2, 0.25) is 0 Å². The van der Waals surface area contributed by atoms with Crippen molar-refractivity contribution in [1.82, 2.24) is 15.0 Å². The Balaban J connectivity index is 1.64. The number of carbonyl (C=O) groups excluding carboxylic acids is 1. The van der Waals surface area contributed by atoms with E-state index in [1.807, 2.05) is 17.9 Å². The van der Waals surface area contributed by atoms with Gasteiger partial charge in [-0.05, 0) is 37.3 Å². The molecule has 1 saturated carbocycles. The first kappa shape index (κ1) is 18.8. The molecule has 0 N–H and O–H groups in total. The zero-order chi connectivity index (χ0) is 19.7. The van der Waals surface area contributed by atoms with E-state index in [-0.39, 0.29) is 11.3 Å². The molecule has 28 heavy (non-hydrogen) atoms. The molecule has 1 aromatic heterocycles. The van der Waals surface area contributed by atoms with Crippen molar-refractivity contribution in [2.24, 2.45) is 5.92 Å². The number of carbonyl (C=O) groups is 1. The van der Waals surface area contributed by atoms with E-state index < -0.39 is 0 Å². The maximum Gasteiger partial charge on any atom is 0.257 e. The molecular weight excluding hydrogens is 358 g/mol. The van der Waals surface area contributed by atoms with E-state index in [0.717, 1.165) is 25.1 Å². The summed E-state index contributed by atoms with van der Waals surface area (Å²) < 4.78 is 16.1. The van der Waals surface area contributed by atoms with Crippen LogP contribution >= 0.6 is 0 Å². The maximum absolute atomic E-state index is 13.4. The van der Waals surface area contributed by atoms with Crippen LogP contribution < -0.4 is 9.47 Å². The fraction of sp³-hybridized carbons (Fsp3) is 0.571. The van der Waals surface area contributed by atoms with Crippen molar-refractivity contribution < 1.29 is 18.8 Å². The van der Waals surface area contributed by atoms with Crippen molar-refractivity contribution in [1.29, 1.82) is 0 Å². The molecule has 1 aliphatic carbocycles. The van der Waals surface area contributed by atoms with Gasteiger partial charge < -0.3 is 18.9 Å². The van der Waals surface area contributed by atoms with Crippen LogP contribution in [0.4, 0.5) is 0 Å². The Morgan fingerprint density at radius 1 is 1.32 bits per heavy atom. The van der Waals surface area contributed by atoms with Gasteiger partial charge in [0.2, 0.25) is 5.89 Å². The first-order valence-corrected chi connectivity index (χ1v) is 9.87. The van der Waals surface area contributed by atoms with Crippen molar-refractivity contribution >= 4 is 5.91 Å².